The van der Waals surface area contributed by atoms with Crippen LogP contribution in [0.5, 0.6) is 0 Å². The maximum absolute atomic E-state index is 11.9. The molecule has 0 bridgehead atoms. The highest BCUT2D eigenvalue weighted by Crippen LogP contribution is 1.99. The molecule has 1 rings (SSSR count). The molecule has 0 atom stereocenters. The fraction of sp³-hybridized carbons (Fsp3) is 0. The summed E-state index contributed by atoms with van der Waals surface area (Å²) in [4.78, 5) is 0. The number of hydrogen-bond acceptors (Lipinski definition) is 0. The molecule has 0 aliphatic carbocycles. The maximum atomic E-state index is 11.9. The second kappa shape index (κ2) is 3.60. The van der Waals surface area contributed by atoms with Crippen LogP contribution < -0.4 is 0 Å². The molecule has 1 aromatic rings. The minimum Gasteiger partial charge on any atom is -0.207 e. The largest absolute Gasteiger partial charge is 0.207 e. The van der Waals surface area contributed by atoms with Gasteiger partial charge in [-0.2, -0.15) is 0 Å². The fourth-order valence-electron chi connectivity index (χ4n) is 0.460. The van der Waals surface area contributed by atoms with Gasteiger partial charge in [-0.1, -0.05) is 6.07 Å². The summed E-state index contributed by atoms with van der Waals surface area (Å²) in [6, 6.07) is 4.55. The van der Waals surface area contributed by atoms with Crippen molar-refractivity contribution in [2.75, 3.05) is 0 Å². The Morgan fingerprint density at radius 1 is 1.00 bits per heavy atom. The highest BCUT2D eigenvalue weighted by Gasteiger charge is 1.88. The van der Waals surface area contributed by atoms with Crippen molar-refractivity contribution >= 4 is 17.4 Å². The lowest BCUT2D eigenvalue weighted by atomic mass is 10.3. The average molecular weight is 144 g/mol. The Bertz CT molecular complexity index is 171. The van der Waals surface area contributed by atoms with Crippen molar-refractivity contribution in [3.8, 4) is 0 Å². The number of halogens is 2. The van der Waals surface area contributed by atoms with Crippen LogP contribution in [-0.4, -0.2) is 17.4 Å². The predicted octanol–water partition coefficient (Wildman–Crippen LogP) is 0.781. The first kappa shape index (κ1) is 8.61. The molecule has 9 heavy (non-hydrogen) atoms. The molecule has 0 aromatic heterocycles. The number of hydrogen-bond donors (Lipinski definition) is 0. The topological polar surface area (TPSA) is 0 Å². The second-order valence-corrected chi connectivity index (χ2v) is 1.44. The van der Waals surface area contributed by atoms with Gasteiger partial charge in [0.25, 0.3) is 0 Å². The van der Waals surface area contributed by atoms with Gasteiger partial charge in [0.1, 0.15) is 11.6 Å². The summed E-state index contributed by atoms with van der Waals surface area (Å²) in [5.74, 6) is -1.07. The molecule has 48 valence electrons. The Kier molecular flexibility index (Phi) is 3.45. The van der Waals surface area contributed by atoms with Crippen LogP contribution >= 0.6 is 0 Å². The Morgan fingerprint density at radius 3 is 1.67 bits per heavy atom. The first-order chi connectivity index (χ1) is 3.79. The maximum Gasteiger partial charge on any atom is 0.187 e. The Balaban J connectivity index is 0.000000640. The molecule has 0 saturated carbocycles. The summed E-state index contributed by atoms with van der Waals surface area (Å²) in [5, 5.41) is 0. The van der Waals surface area contributed by atoms with Gasteiger partial charge in [-0.15, -0.1) is 0 Å². The minimum absolute atomic E-state index is 0. The standard InChI is InChI=1S/C6H4F2.Al.3H/c7-5-2-1-3-6(8)4-5;;;;/h1-4H;;;;. The highest BCUT2D eigenvalue weighted by molar-refractivity contribution is 5.75. The average Bonchev–Trinajstić information content (AvgIpc) is 1.64. The van der Waals surface area contributed by atoms with Gasteiger partial charge >= 0.3 is 0 Å². The van der Waals surface area contributed by atoms with E-state index in [2.05, 4.69) is 0 Å². The van der Waals surface area contributed by atoms with Gasteiger partial charge in [-0.05, 0) is 12.1 Å². The van der Waals surface area contributed by atoms with Gasteiger partial charge in [0.05, 0.1) is 0 Å². The molecule has 0 aliphatic rings. The summed E-state index contributed by atoms with van der Waals surface area (Å²) < 4.78 is 23.9. The molecule has 0 saturated heterocycles. The van der Waals surface area contributed by atoms with Crippen molar-refractivity contribution in [1.29, 1.82) is 0 Å². The lowest BCUT2D eigenvalue weighted by Gasteiger charge is -1.84. The van der Waals surface area contributed by atoms with Gasteiger partial charge in [-0.3, -0.25) is 0 Å². The third-order valence-electron chi connectivity index (χ3n) is 0.787. The first-order valence-electron chi connectivity index (χ1n) is 2.20. The summed E-state index contributed by atoms with van der Waals surface area (Å²) >= 11 is 0. The molecule has 0 nitrogen and oxygen atoms in total. The second-order valence-electron chi connectivity index (χ2n) is 1.44. The van der Waals surface area contributed by atoms with E-state index in [9.17, 15) is 8.78 Å². The van der Waals surface area contributed by atoms with Gasteiger partial charge in [0.15, 0.2) is 17.4 Å². The smallest absolute Gasteiger partial charge is 0.187 e. The summed E-state index contributed by atoms with van der Waals surface area (Å²) in [6.07, 6.45) is 0. The molecular formula is C6H7AlF2. The zero-order valence-corrected chi connectivity index (χ0v) is 4.07. The van der Waals surface area contributed by atoms with Crippen LogP contribution in [0.2, 0.25) is 0 Å². The van der Waals surface area contributed by atoms with E-state index in [-0.39, 0.29) is 17.4 Å². The summed E-state index contributed by atoms with van der Waals surface area (Å²) in [7, 11) is 0. The van der Waals surface area contributed by atoms with Crippen molar-refractivity contribution < 1.29 is 8.78 Å². The van der Waals surface area contributed by atoms with Crippen molar-refractivity contribution in [2.24, 2.45) is 0 Å². The fourth-order valence-corrected chi connectivity index (χ4v) is 0.460. The van der Waals surface area contributed by atoms with Crippen molar-refractivity contribution in [3.63, 3.8) is 0 Å². The molecule has 0 amide bonds. The minimum atomic E-state index is -0.537. The Hall–Kier alpha value is -0.388. The first-order valence-corrected chi connectivity index (χ1v) is 2.20. The van der Waals surface area contributed by atoms with Crippen LogP contribution in [0.3, 0.4) is 0 Å². The molecule has 0 aliphatic heterocycles. The van der Waals surface area contributed by atoms with E-state index in [1.807, 2.05) is 0 Å². The zero-order valence-electron chi connectivity index (χ0n) is 4.07. The molecule has 0 fully saturated rings. The van der Waals surface area contributed by atoms with E-state index in [1.54, 1.807) is 0 Å². The van der Waals surface area contributed by atoms with E-state index >= 15 is 0 Å². The van der Waals surface area contributed by atoms with Gasteiger partial charge in [0.2, 0.25) is 0 Å². The lowest BCUT2D eigenvalue weighted by Crippen LogP contribution is -1.73. The highest BCUT2D eigenvalue weighted by atomic mass is 27.0. The molecule has 0 radical (unpaired) electrons. The van der Waals surface area contributed by atoms with Crippen molar-refractivity contribution in [2.45, 2.75) is 0 Å². The molecule has 0 unspecified atom stereocenters. The van der Waals surface area contributed by atoms with Gasteiger partial charge in [-0.25, -0.2) is 8.78 Å². The van der Waals surface area contributed by atoms with Gasteiger partial charge in [0, 0.05) is 6.07 Å². The number of benzene rings is 1. The third kappa shape index (κ3) is 2.60. The molecule has 0 heterocycles. The lowest BCUT2D eigenvalue weighted by molar-refractivity contribution is 0.583. The molecule has 3 heteroatoms. The van der Waals surface area contributed by atoms with Crippen LogP contribution in [0.4, 0.5) is 8.78 Å². The predicted molar refractivity (Wildman–Crippen MR) is 36.3 cm³/mol. The summed E-state index contributed by atoms with van der Waals surface area (Å²) in [5.41, 5.74) is 0. The van der Waals surface area contributed by atoms with Crippen LogP contribution in [0.25, 0.3) is 0 Å². The number of rotatable bonds is 0. The molecule has 0 N–H and O–H groups in total. The normalized spacial score (nSPS) is 8.22. The molecular weight excluding hydrogens is 137 g/mol. The molecule has 0 spiro atoms. The van der Waals surface area contributed by atoms with E-state index in [0.717, 1.165) is 6.07 Å². The third-order valence-corrected chi connectivity index (χ3v) is 0.787. The van der Waals surface area contributed by atoms with Crippen LogP contribution in [-0.2, 0) is 0 Å². The summed E-state index contributed by atoms with van der Waals surface area (Å²) in [6.45, 7) is 0. The van der Waals surface area contributed by atoms with E-state index < -0.39 is 11.6 Å². The quantitative estimate of drug-likeness (QED) is 0.472. The Morgan fingerprint density at radius 2 is 1.44 bits per heavy atom. The van der Waals surface area contributed by atoms with Crippen LogP contribution in [0.1, 0.15) is 0 Å². The van der Waals surface area contributed by atoms with E-state index in [4.69, 9.17) is 0 Å². The van der Waals surface area contributed by atoms with Crippen molar-refractivity contribution in [3.05, 3.63) is 35.9 Å². The Labute approximate surface area is 62.6 Å². The van der Waals surface area contributed by atoms with E-state index in [0.29, 0.717) is 0 Å². The van der Waals surface area contributed by atoms with Crippen LogP contribution in [0.15, 0.2) is 24.3 Å². The van der Waals surface area contributed by atoms with Crippen LogP contribution in [0, 0.1) is 11.6 Å². The monoisotopic (exact) mass is 144 g/mol. The molecule has 1 aromatic carbocycles. The van der Waals surface area contributed by atoms with Crippen molar-refractivity contribution in [1.82, 2.24) is 0 Å². The zero-order chi connectivity index (χ0) is 5.98. The SMILES string of the molecule is Fc1cccc(F)c1.[AlH3]. The van der Waals surface area contributed by atoms with Gasteiger partial charge < -0.3 is 0 Å². The van der Waals surface area contributed by atoms with E-state index in [1.165, 1.54) is 18.2 Å².